The van der Waals surface area contributed by atoms with E-state index in [1.54, 1.807) is 76.5 Å². The van der Waals surface area contributed by atoms with E-state index in [4.69, 9.17) is 11.6 Å². The quantitative estimate of drug-likeness (QED) is 0.530. The van der Waals surface area contributed by atoms with Crippen molar-refractivity contribution in [1.82, 2.24) is 19.8 Å². The van der Waals surface area contributed by atoms with Crippen LogP contribution < -0.4 is 16.2 Å². The predicted molar refractivity (Wildman–Crippen MR) is 131 cm³/mol. The Balaban J connectivity index is 1.45. The number of nitrogens with zero attached hydrogens (tertiary/aromatic N) is 3. The molecule has 1 aliphatic rings. The van der Waals surface area contributed by atoms with Crippen molar-refractivity contribution in [3.05, 3.63) is 94.1 Å². The number of piperidine rings is 1. The Kier molecular flexibility index (Phi) is 7.57. The number of likely N-dealkylation sites (tertiary alicyclic amines) is 1. The van der Waals surface area contributed by atoms with Gasteiger partial charge in [-0.15, -0.1) is 0 Å². The van der Waals surface area contributed by atoms with Gasteiger partial charge >= 0.3 is 11.8 Å². The summed E-state index contributed by atoms with van der Waals surface area (Å²) in [6, 6.07) is 14.0. The Morgan fingerprint density at radius 1 is 0.971 bits per heavy atom. The molecule has 35 heavy (non-hydrogen) atoms. The molecule has 0 bridgehead atoms. The minimum Gasteiger partial charge on any atom is -0.340 e. The molecule has 1 aromatic heterocycles. The average Bonchev–Trinajstić information content (AvgIpc) is 2.89. The monoisotopic (exact) mass is 493 g/mol. The first kappa shape index (κ1) is 24.2. The van der Waals surface area contributed by atoms with Gasteiger partial charge in [0.25, 0.3) is 5.56 Å². The van der Waals surface area contributed by atoms with Gasteiger partial charge in [0.1, 0.15) is 6.04 Å². The van der Waals surface area contributed by atoms with E-state index in [1.165, 1.54) is 6.20 Å². The molecule has 0 spiro atoms. The number of hydrogen-bond acceptors (Lipinski definition) is 5. The minimum atomic E-state index is -1.03. The summed E-state index contributed by atoms with van der Waals surface area (Å²) < 4.78 is 1.63. The lowest BCUT2D eigenvalue weighted by molar-refractivity contribution is -0.141. The van der Waals surface area contributed by atoms with Gasteiger partial charge < -0.3 is 20.1 Å². The SMILES string of the molecule is O=C(Nc1ccc(Cl)cc1)C(=O)NC(C(=O)N1CCC(n2ccncc2=O)CC1)c1ccccc1. The number of anilines is 1. The molecule has 1 atom stereocenters. The van der Waals surface area contributed by atoms with Crippen LogP contribution in [0.3, 0.4) is 0 Å². The number of hydrogen-bond donors (Lipinski definition) is 2. The number of carbonyl (C=O) groups excluding carboxylic acids is 3. The molecule has 2 aromatic carbocycles. The molecule has 3 aromatic rings. The van der Waals surface area contributed by atoms with Crippen LogP contribution >= 0.6 is 11.6 Å². The van der Waals surface area contributed by atoms with Crippen molar-refractivity contribution >= 4 is 35.0 Å². The Labute approximate surface area is 206 Å². The molecule has 0 radical (unpaired) electrons. The van der Waals surface area contributed by atoms with Gasteiger partial charge in [0.05, 0.1) is 6.20 Å². The van der Waals surface area contributed by atoms with E-state index in [2.05, 4.69) is 15.6 Å². The van der Waals surface area contributed by atoms with Gasteiger partial charge in [0.2, 0.25) is 5.91 Å². The van der Waals surface area contributed by atoms with Crippen molar-refractivity contribution in [3.63, 3.8) is 0 Å². The highest BCUT2D eigenvalue weighted by Crippen LogP contribution is 2.24. The van der Waals surface area contributed by atoms with Gasteiger partial charge in [0.15, 0.2) is 0 Å². The molecule has 1 aliphatic heterocycles. The van der Waals surface area contributed by atoms with Crippen LogP contribution in [-0.2, 0) is 14.4 Å². The Morgan fingerprint density at radius 3 is 2.31 bits per heavy atom. The van der Waals surface area contributed by atoms with Crippen molar-refractivity contribution in [2.45, 2.75) is 24.9 Å². The lowest BCUT2D eigenvalue weighted by Crippen LogP contribution is -2.48. The van der Waals surface area contributed by atoms with E-state index in [0.29, 0.717) is 42.2 Å². The van der Waals surface area contributed by atoms with E-state index in [9.17, 15) is 19.2 Å². The Morgan fingerprint density at radius 2 is 1.66 bits per heavy atom. The van der Waals surface area contributed by atoms with Crippen molar-refractivity contribution < 1.29 is 14.4 Å². The zero-order valence-corrected chi connectivity index (χ0v) is 19.5. The lowest BCUT2D eigenvalue weighted by atomic mass is 10.0. The van der Waals surface area contributed by atoms with Crippen LogP contribution in [0.25, 0.3) is 0 Å². The van der Waals surface area contributed by atoms with Gasteiger partial charge in [0, 0.05) is 42.2 Å². The zero-order chi connectivity index (χ0) is 24.8. The highest BCUT2D eigenvalue weighted by Gasteiger charge is 2.32. The fourth-order valence-electron chi connectivity index (χ4n) is 4.06. The standard InChI is InChI=1S/C25H24ClN5O4/c26-18-6-8-19(9-7-18)28-23(33)24(34)29-22(17-4-2-1-3-5-17)25(35)30-13-10-20(11-14-30)31-15-12-27-16-21(31)32/h1-9,12,15-16,20,22H,10-11,13-14H2,(H,28,33)(H,29,34). The maximum atomic E-state index is 13.4. The molecule has 2 N–H and O–H groups in total. The third-order valence-corrected chi connectivity index (χ3v) is 6.14. The topological polar surface area (TPSA) is 113 Å². The number of halogens is 1. The summed E-state index contributed by atoms with van der Waals surface area (Å²) in [5.74, 6) is -2.14. The highest BCUT2D eigenvalue weighted by atomic mass is 35.5. The van der Waals surface area contributed by atoms with Gasteiger partial charge in [-0.3, -0.25) is 24.2 Å². The van der Waals surface area contributed by atoms with Gasteiger partial charge in [-0.2, -0.15) is 0 Å². The van der Waals surface area contributed by atoms with Crippen LogP contribution in [0.5, 0.6) is 0 Å². The highest BCUT2D eigenvalue weighted by molar-refractivity contribution is 6.40. The first-order chi connectivity index (χ1) is 16.9. The number of rotatable bonds is 5. The average molecular weight is 494 g/mol. The minimum absolute atomic E-state index is 0.0375. The molecule has 1 fully saturated rings. The normalized spacial score (nSPS) is 14.7. The van der Waals surface area contributed by atoms with E-state index in [-0.39, 0.29) is 17.5 Å². The molecule has 1 saturated heterocycles. The second-order valence-corrected chi connectivity index (χ2v) is 8.59. The Bertz CT molecular complexity index is 1250. The molecule has 4 rings (SSSR count). The molecule has 0 aliphatic carbocycles. The third kappa shape index (κ3) is 5.93. The molecule has 0 saturated carbocycles. The fourth-order valence-corrected chi connectivity index (χ4v) is 4.18. The van der Waals surface area contributed by atoms with E-state index >= 15 is 0 Å². The lowest BCUT2D eigenvalue weighted by Gasteiger charge is -2.35. The molecule has 9 nitrogen and oxygen atoms in total. The van der Waals surface area contributed by atoms with E-state index in [1.807, 2.05) is 0 Å². The molecule has 1 unspecified atom stereocenters. The van der Waals surface area contributed by atoms with Crippen molar-refractivity contribution in [3.8, 4) is 0 Å². The number of amides is 3. The van der Waals surface area contributed by atoms with Crippen molar-refractivity contribution in [1.29, 1.82) is 0 Å². The summed E-state index contributed by atoms with van der Waals surface area (Å²) in [5.41, 5.74) is 0.793. The summed E-state index contributed by atoms with van der Waals surface area (Å²) >= 11 is 5.85. The first-order valence-corrected chi connectivity index (χ1v) is 11.5. The van der Waals surface area contributed by atoms with Crippen LogP contribution in [-0.4, -0.2) is 45.3 Å². The smallest absolute Gasteiger partial charge is 0.313 e. The maximum Gasteiger partial charge on any atom is 0.313 e. The van der Waals surface area contributed by atoms with Crippen molar-refractivity contribution in [2.75, 3.05) is 18.4 Å². The molecular weight excluding hydrogens is 470 g/mol. The van der Waals surface area contributed by atoms with Crippen LogP contribution in [0.2, 0.25) is 5.02 Å². The summed E-state index contributed by atoms with van der Waals surface area (Å²) in [7, 11) is 0. The maximum absolute atomic E-state index is 13.4. The third-order valence-electron chi connectivity index (χ3n) is 5.89. The van der Waals surface area contributed by atoms with Gasteiger partial charge in [-0.1, -0.05) is 41.9 Å². The summed E-state index contributed by atoms with van der Waals surface area (Å²) in [5, 5.41) is 5.58. The number of benzene rings is 2. The second kappa shape index (κ2) is 11.0. The largest absolute Gasteiger partial charge is 0.340 e. The van der Waals surface area contributed by atoms with Crippen molar-refractivity contribution in [2.24, 2.45) is 0 Å². The predicted octanol–water partition coefficient (Wildman–Crippen LogP) is 2.56. The molecule has 180 valence electrons. The van der Waals surface area contributed by atoms with Gasteiger partial charge in [-0.25, -0.2) is 0 Å². The molecule has 3 amide bonds. The van der Waals surface area contributed by atoms with Crippen LogP contribution in [0.15, 0.2) is 78.0 Å². The Hall–Kier alpha value is -3.98. The summed E-state index contributed by atoms with van der Waals surface area (Å²) in [6.45, 7) is 0.822. The van der Waals surface area contributed by atoms with Crippen LogP contribution in [0, 0.1) is 0 Å². The fraction of sp³-hybridized carbons (Fsp3) is 0.240. The van der Waals surface area contributed by atoms with Crippen LogP contribution in [0.1, 0.15) is 30.5 Å². The molecule has 10 heteroatoms. The van der Waals surface area contributed by atoms with Gasteiger partial charge in [-0.05, 0) is 42.7 Å². The van der Waals surface area contributed by atoms with E-state index < -0.39 is 17.9 Å². The van der Waals surface area contributed by atoms with E-state index in [0.717, 1.165) is 0 Å². The number of carbonyl (C=O) groups is 3. The summed E-state index contributed by atoms with van der Waals surface area (Å²) in [6.07, 6.45) is 5.66. The summed E-state index contributed by atoms with van der Waals surface area (Å²) in [4.78, 5) is 56.2. The number of aromatic nitrogens is 2. The number of nitrogens with one attached hydrogen (secondary N) is 2. The molecular formula is C25H24ClN5O4. The molecule has 2 heterocycles. The zero-order valence-electron chi connectivity index (χ0n) is 18.8. The first-order valence-electron chi connectivity index (χ1n) is 11.2. The van der Waals surface area contributed by atoms with Crippen LogP contribution in [0.4, 0.5) is 5.69 Å². The second-order valence-electron chi connectivity index (χ2n) is 8.16.